The number of hydrogen-bond donors (Lipinski definition) is 1. The van der Waals surface area contributed by atoms with Gasteiger partial charge in [-0.1, -0.05) is 19.9 Å². The molecule has 0 amide bonds. The van der Waals surface area contributed by atoms with E-state index in [9.17, 15) is 8.78 Å². The molecule has 1 nitrogen and oxygen atoms in total. The summed E-state index contributed by atoms with van der Waals surface area (Å²) in [4.78, 5) is 0. The van der Waals surface area contributed by atoms with Gasteiger partial charge < -0.3 is 5.73 Å². The van der Waals surface area contributed by atoms with Gasteiger partial charge in [-0.05, 0) is 12.1 Å². The largest absolute Gasteiger partial charge is 0.326 e. The van der Waals surface area contributed by atoms with Gasteiger partial charge in [0.05, 0.1) is 0 Å². The summed E-state index contributed by atoms with van der Waals surface area (Å²) in [6.07, 6.45) is 0. The molecule has 0 aliphatic heterocycles. The molecule has 3 heteroatoms. The maximum atomic E-state index is 12.5. The number of hydrogen-bond acceptors (Lipinski definition) is 1. The normalized spacial score (nSPS) is 8.75. The van der Waals surface area contributed by atoms with Crippen molar-refractivity contribution in [3.8, 4) is 0 Å². The fraction of sp³-hybridized carbons (Fsp3) is 0.333. The minimum atomic E-state index is -0.581. The van der Waals surface area contributed by atoms with Crippen molar-refractivity contribution in [1.82, 2.24) is 0 Å². The van der Waals surface area contributed by atoms with Crippen LogP contribution >= 0.6 is 0 Å². The molecule has 0 fully saturated rings. The molecule has 0 unspecified atom stereocenters. The first kappa shape index (κ1) is 11.0. The summed E-state index contributed by atoms with van der Waals surface area (Å²) in [6, 6.07) is 3.68. The van der Waals surface area contributed by atoms with Crippen LogP contribution in [0.15, 0.2) is 18.2 Å². The van der Waals surface area contributed by atoms with E-state index in [1.165, 1.54) is 18.2 Å². The molecule has 1 rings (SSSR count). The van der Waals surface area contributed by atoms with E-state index in [0.717, 1.165) is 0 Å². The molecule has 1 aromatic carbocycles. The standard InChI is InChI=1S/C7H7F2N.C2H6/c8-6-2-1-3-7(9)5(6)4-10;1-2/h1-3H,4,10H2;1-2H3. The number of benzene rings is 1. The van der Waals surface area contributed by atoms with Crippen LogP contribution in [0.25, 0.3) is 0 Å². The lowest BCUT2D eigenvalue weighted by molar-refractivity contribution is 0.557. The molecular formula is C9H13F2N. The van der Waals surface area contributed by atoms with E-state index in [0.29, 0.717) is 0 Å². The van der Waals surface area contributed by atoms with E-state index in [-0.39, 0.29) is 12.1 Å². The first-order valence-electron chi connectivity index (χ1n) is 3.88. The summed E-state index contributed by atoms with van der Waals surface area (Å²) in [5.74, 6) is -1.16. The molecule has 0 spiro atoms. The predicted molar refractivity (Wildman–Crippen MR) is 45.6 cm³/mol. The molecule has 0 saturated carbocycles. The summed E-state index contributed by atoms with van der Waals surface area (Å²) in [5.41, 5.74) is 5.02. The molecule has 2 N–H and O–H groups in total. The molecule has 68 valence electrons. The van der Waals surface area contributed by atoms with Gasteiger partial charge in [-0.25, -0.2) is 8.78 Å². The second-order valence-electron chi connectivity index (χ2n) is 1.90. The van der Waals surface area contributed by atoms with Crippen LogP contribution in [0, 0.1) is 11.6 Å². The van der Waals surface area contributed by atoms with Gasteiger partial charge in [0, 0.05) is 12.1 Å². The molecule has 0 bridgehead atoms. The average molecular weight is 173 g/mol. The summed E-state index contributed by atoms with van der Waals surface area (Å²) in [5, 5.41) is 0. The number of rotatable bonds is 1. The smallest absolute Gasteiger partial charge is 0.130 e. The fourth-order valence-electron chi connectivity index (χ4n) is 0.727. The van der Waals surface area contributed by atoms with Crippen molar-refractivity contribution in [3.63, 3.8) is 0 Å². The van der Waals surface area contributed by atoms with Crippen molar-refractivity contribution in [2.75, 3.05) is 0 Å². The first-order chi connectivity index (χ1) is 5.75. The van der Waals surface area contributed by atoms with Gasteiger partial charge in [0.2, 0.25) is 0 Å². The van der Waals surface area contributed by atoms with E-state index in [1.54, 1.807) is 0 Å². The van der Waals surface area contributed by atoms with Crippen LogP contribution in [0.2, 0.25) is 0 Å². The minimum absolute atomic E-state index is 0.0532. The number of nitrogens with two attached hydrogens (primary N) is 1. The fourth-order valence-corrected chi connectivity index (χ4v) is 0.727. The SMILES string of the molecule is CC.NCc1c(F)cccc1F. The minimum Gasteiger partial charge on any atom is -0.326 e. The van der Waals surface area contributed by atoms with Crippen LogP contribution in [0.4, 0.5) is 8.78 Å². The highest BCUT2D eigenvalue weighted by molar-refractivity contribution is 5.18. The van der Waals surface area contributed by atoms with Crippen LogP contribution in [0.3, 0.4) is 0 Å². The Morgan fingerprint density at radius 3 is 1.83 bits per heavy atom. The monoisotopic (exact) mass is 173 g/mol. The van der Waals surface area contributed by atoms with Gasteiger partial charge in [0.15, 0.2) is 0 Å². The van der Waals surface area contributed by atoms with E-state index in [1.807, 2.05) is 13.8 Å². The van der Waals surface area contributed by atoms with E-state index < -0.39 is 11.6 Å². The van der Waals surface area contributed by atoms with Gasteiger partial charge in [-0.3, -0.25) is 0 Å². The quantitative estimate of drug-likeness (QED) is 0.693. The summed E-state index contributed by atoms with van der Waals surface area (Å²) in [6.45, 7) is 3.90. The molecule has 0 heterocycles. The van der Waals surface area contributed by atoms with Gasteiger partial charge in [0.25, 0.3) is 0 Å². The Morgan fingerprint density at radius 2 is 1.58 bits per heavy atom. The Bertz CT molecular complexity index is 216. The summed E-state index contributed by atoms with van der Waals surface area (Å²) < 4.78 is 25.1. The Balaban J connectivity index is 0.000000561. The second kappa shape index (κ2) is 5.66. The molecule has 0 saturated heterocycles. The Morgan fingerprint density at radius 1 is 1.17 bits per heavy atom. The summed E-state index contributed by atoms with van der Waals surface area (Å²) in [7, 11) is 0. The van der Waals surface area contributed by atoms with E-state index in [2.05, 4.69) is 0 Å². The number of halogens is 2. The zero-order valence-corrected chi connectivity index (χ0v) is 7.27. The zero-order chi connectivity index (χ0) is 9.56. The highest BCUT2D eigenvalue weighted by Crippen LogP contribution is 2.09. The van der Waals surface area contributed by atoms with Gasteiger partial charge >= 0.3 is 0 Å². The van der Waals surface area contributed by atoms with Crippen LogP contribution in [-0.2, 0) is 6.54 Å². The first-order valence-corrected chi connectivity index (χ1v) is 3.88. The molecule has 12 heavy (non-hydrogen) atoms. The third-order valence-electron chi connectivity index (χ3n) is 1.27. The van der Waals surface area contributed by atoms with Crippen LogP contribution in [0.5, 0.6) is 0 Å². The molecule has 0 aromatic heterocycles. The molecule has 0 aliphatic rings. The molecule has 0 aliphatic carbocycles. The van der Waals surface area contributed by atoms with Gasteiger partial charge in [0.1, 0.15) is 11.6 Å². The van der Waals surface area contributed by atoms with E-state index in [4.69, 9.17) is 5.73 Å². The zero-order valence-electron chi connectivity index (χ0n) is 7.27. The topological polar surface area (TPSA) is 26.0 Å². The lowest BCUT2D eigenvalue weighted by atomic mass is 10.2. The lowest BCUT2D eigenvalue weighted by Crippen LogP contribution is -2.02. The van der Waals surface area contributed by atoms with Crippen LogP contribution < -0.4 is 5.73 Å². The Kier molecular flexibility index (Phi) is 5.21. The second-order valence-corrected chi connectivity index (χ2v) is 1.90. The van der Waals surface area contributed by atoms with Crippen LogP contribution in [-0.4, -0.2) is 0 Å². The average Bonchev–Trinajstić information content (AvgIpc) is 2.08. The van der Waals surface area contributed by atoms with Crippen molar-refractivity contribution in [1.29, 1.82) is 0 Å². The summed E-state index contributed by atoms with van der Waals surface area (Å²) >= 11 is 0. The molecule has 0 radical (unpaired) electrons. The van der Waals surface area contributed by atoms with Crippen molar-refractivity contribution in [3.05, 3.63) is 35.4 Å². The highest BCUT2D eigenvalue weighted by Gasteiger charge is 2.03. The maximum absolute atomic E-state index is 12.5. The molecular weight excluding hydrogens is 160 g/mol. The Hall–Kier alpha value is -0.960. The third kappa shape index (κ3) is 2.58. The lowest BCUT2D eigenvalue weighted by Gasteiger charge is -1.98. The van der Waals surface area contributed by atoms with E-state index >= 15 is 0 Å². The third-order valence-corrected chi connectivity index (χ3v) is 1.27. The van der Waals surface area contributed by atoms with Crippen molar-refractivity contribution >= 4 is 0 Å². The molecule has 1 aromatic rings. The highest BCUT2D eigenvalue weighted by atomic mass is 19.1. The van der Waals surface area contributed by atoms with Crippen molar-refractivity contribution in [2.24, 2.45) is 5.73 Å². The predicted octanol–water partition coefficient (Wildman–Crippen LogP) is 2.45. The van der Waals surface area contributed by atoms with Crippen molar-refractivity contribution in [2.45, 2.75) is 20.4 Å². The maximum Gasteiger partial charge on any atom is 0.130 e. The van der Waals surface area contributed by atoms with Crippen LogP contribution in [0.1, 0.15) is 19.4 Å². The molecule has 0 atom stereocenters. The van der Waals surface area contributed by atoms with Crippen molar-refractivity contribution < 1.29 is 8.78 Å². The van der Waals surface area contributed by atoms with Gasteiger partial charge in [-0.15, -0.1) is 0 Å². The Labute approximate surface area is 71.2 Å². The van der Waals surface area contributed by atoms with Gasteiger partial charge in [-0.2, -0.15) is 0 Å².